The average molecular weight is 426 g/mol. The second-order valence-electron chi connectivity index (χ2n) is 8.51. The van der Waals surface area contributed by atoms with Gasteiger partial charge >= 0.3 is 0 Å². The first-order valence-corrected chi connectivity index (χ1v) is 12.8. The third kappa shape index (κ3) is 5.73. The monoisotopic (exact) mass is 425 g/mol. The Hall–Kier alpha value is -1.07. The van der Waals surface area contributed by atoms with Crippen LogP contribution in [0, 0.1) is 11.8 Å². The number of halogens is 1. The van der Waals surface area contributed by atoms with Gasteiger partial charge in [0, 0.05) is 23.5 Å². The fourth-order valence-electron chi connectivity index (χ4n) is 4.62. The van der Waals surface area contributed by atoms with Crippen LogP contribution in [0.1, 0.15) is 63.9 Å². The van der Waals surface area contributed by atoms with Crippen LogP contribution >= 0.6 is 11.6 Å². The molecule has 0 N–H and O–H groups in total. The zero-order valence-corrected chi connectivity index (χ0v) is 18.4. The zero-order chi connectivity index (χ0) is 20.1. The summed E-state index contributed by atoms with van der Waals surface area (Å²) in [5.41, 5.74) is 0.999. The lowest BCUT2D eigenvalue weighted by Gasteiger charge is -2.35. The van der Waals surface area contributed by atoms with Crippen LogP contribution in [0.3, 0.4) is 0 Å². The van der Waals surface area contributed by atoms with E-state index in [9.17, 15) is 13.2 Å². The predicted molar refractivity (Wildman–Crippen MR) is 114 cm³/mol. The predicted octanol–water partition coefficient (Wildman–Crippen LogP) is 4.85. The van der Waals surface area contributed by atoms with Crippen molar-refractivity contribution in [3.05, 3.63) is 34.9 Å². The van der Waals surface area contributed by atoms with E-state index in [0.717, 1.165) is 37.2 Å². The highest BCUT2D eigenvalue weighted by atomic mass is 35.5. The first kappa shape index (κ1) is 21.6. The van der Waals surface area contributed by atoms with Gasteiger partial charge in [-0.05, 0) is 55.7 Å². The van der Waals surface area contributed by atoms with E-state index in [1.54, 1.807) is 0 Å². The van der Waals surface area contributed by atoms with Crippen molar-refractivity contribution in [1.82, 2.24) is 4.90 Å². The number of sulfone groups is 1. The molecule has 0 spiro atoms. The van der Waals surface area contributed by atoms with Crippen LogP contribution in [0.15, 0.2) is 24.3 Å². The molecule has 1 saturated heterocycles. The normalized spacial score (nSPS) is 26.9. The first-order chi connectivity index (χ1) is 13.4. The molecule has 1 aliphatic carbocycles. The third-order valence-corrected chi connectivity index (χ3v) is 8.36. The lowest BCUT2D eigenvalue weighted by Crippen LogP contribution is -2.44. The number of unbranched alkanes of at least 4 members (excludes halogenated alkanes) is 1. The van der Waals surface area contributed by atoms with Crippen molar-refractivity contribution in [2.75, 3.05) is 11.5 Å². The Kier molecular flexibility index (Phi) is 7.43. The number of amides is 1. The number of hydrogen-bond acceptors (Lipinski definition) is 3. The van der Waals surface area contributed by atoms with Gasteiger partial charge in [0.25, 0.3) is 0 Å². The topological polar surface area (TPSA) is 54.5 Å². The van der Waals surface area contributed by atoms with E-state index >= 15 is 0 Å². The van der Waals surface area contributed by atoms with Crippen LogP contribution < -0.4 is 0 Å². The van der Waals surface area contributed by atoms with Crippen molar-refractivity contribution in [3.63, 3.8) is 0 Å². The van der Waals surface area contributed by atoms with Crippen LogP contribution in [-0.2, 0) is 21.2 Å². The van der Waals surface area contributed by atoms with Crippen molar-refractivity contribution >= 4 is 27.3 Å². The Balaban J connectivity index is 1.69. The molecule has 1 amide bonds. The molecule has 0 radical (unpaired) electrons. The Labute approximate surface area is 174 Å². The molecule has 1 aromatic rings. The highest BCUT2D eigenvalue weighted by Gasteiger charge is 2.38. The fraction of sp³-hybridized carbons (Fsp3) is 0.682. The quantitative estimate of drug-likeness (QED) is 0.627. The summed E-state index contributed by atoms with van der Waals surface area (Å²) in [5, 5.41) is 0.662. The van der Waals surface area contributed by atoms with E-state index in [0.29, 0.717) is 18.0 Å². The highest BCUT2D eigenvalue weighted by Crippen LogP contribution is 2.34. The van der Waals surface area contributed by atoms with Crippen LogP contribution in [0.5, 0.6) is 0 Å². The van der Waals surface area contributed by atoms with Gasteiger partial charge in [-0.3, -0.25) is 4.79 Å². The van der Waals surface area contributed by atoms with Gasteiger partial charge in [-0.15, -0.1) is 0 Å². The molecule has 28 heavy (non-hydrogen) atoms. The minimum absolute atomic E-state index is 0.0356. The standard InChI is InChI=1S/C22H32ClNO3S/c1-2-3-4-17-5-9-19(10-6-17)22(25)24(21-13-14-28(26,27)16-21)15-18-7-11-20(23)12-8-18/h7-8,11-12,17,19,21H,2-6,9-10,13-16H2,1H3. The molecule has 3 rings (SSSR count). The molecule has 4 nitrogen and oxygen atoms in total. The van der Waals surface area contributed by atoms with Gasteiger partial charge in [0.2, 0.25) is 5.91 Å². The largest absolute Gasteiger partial charge is 0.334 e. The Morgan fingerprint density at radius 2 is 1.79 bits per heavy atom. The summed E-state index contributed by atoms with van der Waals surface area (Å²) in [5.74, 6) is 1.21. The second kappa shape index (κ2) is 9.62. The summed E-state index contributed by atoms with van der Waals surface area (Å²) in [6.45, 7) is 2.69. The number of carbonyl (C=O) groups excluding carboxylic acids is 1. The fourth-order valence-corrected chi connectivity index (χ4v) is 6.48. The number of carbonyl (C=O) groups is 1. The smallest absolute Gasteiger partial charge is 0.226 e. The highest BCUT2D eigenvalue weighted by molar-refractivity contribution is 7.91. The van der Waals surface area contributed by atoms with Gasteiger partial charge in [0.1, 0.15) is 0 Å². The van der Waals surface area contributed by atoms with Crippen molar-refractivity contribution < 1.29 is 13.2 Å². The maximum absolute atomic E-state index is 13.4. The molecule has 2 aliphatic rings. The number of benzene rings is 1. The van der Waals surface area contributed by atoms with Crippen molar-refractivity contribution in [3.8, 4) is 0 Å². The summed E-state index contributed by atoms with van der Waals surface area (Å²) in [6, 6.07) is 7.29. The lowest BCUT2D eigenvalue weighted by molar-refractivity contribution is -0.139. The zero-order valence-electron chi connectivity index (χ0n) is 16.8. The molecular formula is C22H32ClNO3S. The minimum atomic E-state index is -3.04. The molecule has 1 atom stereocenters. The van der Waals surface area contributed by atoms with Gasteiger partial charge in [-0.1, -0.05) is 49.9 Å². The van der Waals surface area contributed by atoms with Gasteiger partial charge < -0.3 is 4.90 Å². The molecule has 1 aliphatic heterocycles. The summed E-state index contributed by atoms with van der Waals surface area (Å²) < 4.78 is 24.1. The van der Waals surface area contributed by atoms with Gasteiger partial charge in [0.05, 0.1) is 11.5 Å². The van der Waals surface area contributed by atoms with E-state index in [1.165, 1.54) is 19.3 Å². The SMILES string of the molecule is CCCCC1CCC(C(=O)N(Cc2ccc(Cl)cc2)C2CCS(=O)(=O)C2)CC1. The summed E-state index contributed by atoms with van der Waals surface area (Å²) in [4.78, 5) is 15.2. The maximum atomic E-state index is 13.4. The van der Waals surface area contributed by atoms with Gasteiger partial charge in [-0.2, -0.15) is 0 Å². The molecule has 2 fully saturated rings. The Bertz CT molecular complexity index is 754. The van der Waals surface area contributed by atoms with Crippen molar-refractivity contribution in [1.29, 1.82) is 0 Å². The van der Waals surface area contributed by atoms with E-state index in [4.69, 9.17) is 11.6 Å². The molecule has 1 heterocycles. The van der Waals surface area contributed by atoms with Crippen LogP contribution in [0.2, 0.25) is 5.02 Å². The first-order valence-electron chi connectivity index (χ1n) is 10.6. The maximum Gasteiger partial charge on any atom is 0.226 e. The van der Waals surface area contributed by atoms with Crippen LogP contribution in [0.25, 0.3) is 0 Å². The summed E-state index contributed by atoms with van der Waals surface area (Å²) in [7, 11) is -3.04. The average Bonchev–Trinajstić information content (AvgIpc) is 3.05. The Morgan fingerprint density at radius 1 is 1.11 bits per heavy atom. The van der Waals surface area contributed by atoms with Gasteiger partial charge in [-0.25, -0.2) is 8.42 Å². The minimum Gasteiger partial charge on any atom is -0.334 e. The van der Waals surface area contributed by atoms with E-state index < -0.39 is 9.84 Å². The molecule has 0 aromatic heterocycles. The molecule has 1 aromatic carbocycles. The molecule has 6 heteroatoms. The second-order valence-corrected chi connectivity index (χ2v) is 11.2. The lowest BCUT2D eigenvalue weighted by atomic mass is 9.79. The van der Waals surface area contributed by atoms with Crippen molar-refractivity contribution in [2.45, 2.75) is 70.9 Å². The number of hydrogen-bond donors (Lipinski definition) is 0. The van der Waals surface area contributed by atoms with E-state index in [2.05, 4.69) is 6.92 Å². The summed E-state index contributed by atoms with van der Waals surface area (Å²) >= 11 is 5.99. The summed E-state index contributed by atoms with van der Waals surface area (Å²) in [6.07, 6.45) is 8.42. The molecule has 0 bridgehead atoms. The van der Waals surface area contributed by atoms with E-state index in [1.807, 2.05) is 29.2 Å². The third-order valence-electron chi connectivity index (χ3n) is 6.36. The molecule has 156 valence electrons. The molecule has 1 saturated carbocycles. The number of rotatable bonds is 7. The van der Waals surface area contributed by atoms with Gasteiger partial charge in [0.15, 0.2) is 9.84 Å². The van der Waals surface area contributed by atoms with Crippen LogP contribution in [0.4, 0.5) is 0 Å². The van der Waals surface area contributed by atoms with Crippen LogP contribution in [-0.4, -0.2) is 36.8 Å². The molecular weight excluding hydrogens is 394 g/mol. The Morgan fingerprint density at radius 3 is 2.36 bits per heavy atom. The molecule has 1 unspecified atom stereocenters. The number of nitrogens with zero attached hydrogens (tertiary/aromatic N) is 1. The van der Waals surface area contributed by atoms with Crippen molar-refractivity contribution in [2.24, 2.45) is 11.8 Å². The van der Waals surface area contributed by atoms with E-state index in [-0.39, 0.29) is 29.4 Å².